The molecule has 2 heterocycles. The van der Waals surface area contributed by atoms with Crippen molar-refractivity contribution < 1.29 is 57.5 Å². The molecule has 2 rings (SSSR count). The second-order valence-corrected chi connectivity index (χ2v) is 26.7. The van der Waals surface area contributed by atoms with Crippen LogP contribution in [0.1, 0.15) is 150 Å². The van der Waals surface area contributed by atoms with E-state index in [1.807, 2.05) is 62.3 Å². The lowest BCUT2D eigenvalue weighted by molar-refractivity contribution is -0.157. The molecule has 84 heavy (non-hydrogen) atoms. The van der Waals surface area contributed by atoms with E-state index < -0.39 is 156 Å². The normalized spacial score (nSPS) is 29.0. The summed E-state index contributed by atoms with van der Waals surface area (Å²) in [5.74, 6) is -9.17. The molecule has 11 amide bonds. The Bertz CT molecular complexity index is 2310. The number of nitrogens with one attached hydrogen (secondary N) is 4. The number of hydrogen-bond donors (Lipinski definition) is 4. The molecular weight excluding hydrogens is 1080 g/mol. The van der Waals surface area contributed by atoms with Gasteiger partial charge in [-0.3, -0.25) is 52.7 Å². The summed E-state index contributed by atoms with van der Waals surface area (Å²) in [6, 6.07) is -11.7. The molecule has 0 aliphatic carbocycles. The van der Waals surface area contributed by atoms with E-state index in [0.717, 1.165) is 0 Å². The molecule has 0 unspecified atom stereocenters. The maximum Gasteiger partial charge on any atom is 0.246 e. The number of likely N-dealkylation sites (N-methyl/N-ethyl adjacent to an activating group) is 7. The first-order chi connectivity index (χ1) is 38.7. The minimum absolute atomic E-state index is 0.121. The van der Waals surface area contributed by atoms with E-state index in [9.17, 15) is 43.2 Å². The van der Waals surface area contributed by atoms with Crippen molar-refractivity contribution in [2.75, 3.05) is 62.5 Å². The van der Waals surface area contributed by atoms with Crippen molar-refractivity contribution in [1.29, 1.82) is 0 Å². The number of carbonyl (C=O) groups is 11. The summed E-state index contributed by atoms with van der Waals surface area (Å²) in [4.78, 5) is 169. The molecule has 23 heteroatoms. The fourth-order valence-corrected chi connectivity index (χ4v) is 11.1. The number of ether oxygens (including phenoxy) is 1. The third kappa shape index (κ3) is 19.6. The Labute approximate surface area is 502 Å². The van der Waals surface area contributed by atoms with Gasteiger partial charge in [0.1, 0.15) is 60.4 Å². The highest BCUT2D eigenvalue weighted by Crippen LogP contribution is 2.29. The molecule has 0 bridgehead atoms. The Kier molecular flexibility index (Phi) is 28.8. The van der Waals surface area contributed by atoms with Crippen LogP contribution < -0.4 is 21.3 Å². The van der Waals surface area contributed by atoms with Gasteiger partial charge in [-0.1, -0.05) is 104 Å². The minimum Gasteiger partial charge on any atom is -0.375 e. The molecule has 0 aromatic carbocycles. The average Bonchev–Trinajstić information content (AvgIpc) is 3.94. The zero-order valence-corrected chi connectivity index (χ0v) is 55.4. The zero-order valence-electron chi connectivity index (χ0n) is 55.4. The molecule has 4 N–H and O–H groups in total. The van der Waals surface area contributed by atoms with E-state index >= 15 is 9.59 Å². The molecule has 0 aromatic rings. The van der Waals surface area contributed by atoms with Crippen LogP contribution in [0, 0.1) is 47.3 Å². The van der Waals surface area contributed by atoms with Gasteiger partial charge in [-0.2, -0.15) is 0 Å². The molecule has 12 atom stereocenters. The molecule has 0 aromatic heterocycles. The van der Waals surface area contributed by atoms with Crippen LogP contribution in [-0.2, 0) is 57.5 Å². The summed E-state index contributed by atoms with van der Waals surface area (Å²) in [7, 11) is 10.2. The van der Waals surface area contributed by atoms with Crippen LogP contribution in [0.5, 0.6) is 0 Å². The predicted octanol–water partition coefficient (Wildman–Crippen LogP) is 2.98. The third-order valence-electron chi connectivity index (χ3n) is 16.4. The lowest BCUT2D eigenvalue weighted by Crippen LogP contribution is -2.64. The van der Waals surface area contributed by atoms with Gasteiger partial charge in [-0.15, -0.1) is 0 Å². The minimum atomic E-state index is -1.30. The van der Waals surface area contributed by atoms with Gasteiger partial charge in [-0.25, -0.2) is 0 Å². The lowest BCUT2D eigenvalue weighted by atomic mass is 9.92. The van der Waals surface area contributed by atoms with Crippen molar-refractivity contribution in [3.05, 3.63) is 0 Å². The number of rotatable bonds is 12. The van der Waals surface area contributed by atoms with Crippen molar-refractivity contribution in [1.82, 2.24) is 55.6 Å². The second kappa shape index (κ2) is 32.6. The van der Waals surface area contributed by atoms with Gasteiger partial charge in [-0.05, 0) is 93.3 Å². The van der Waals surface area contributed by atoms with Crippen molar-refractivity contribution in [2.24, 2.45) is 47.3 Å². The number of amides is 11. The monoisotopic (exact) mass is 1190 g/mol. The number of nitrogens with zero attached hydrogens (tertiary/aromatic N) is 7. The molecule has 2 saturated heterocycles. The molecule has 480 valence electrons. The number of hydrogen-bond acceptors (Lipinski definition) is 12. The van der Waals surface area contributed by atoms with Gasteiger partial charge in [0.25, 0.3) is 0 Å². The molecular formula is C61H109N11O12. The number of carbonyl (C=O) groups excluding carboxylic acids is 11. The van der Waals surface area contributed by atoms with Crippen molar-refractivity contribution in [3.63, 3.8) is 0 Å². The van der Waals surface area contributed by atoms with E-state index in [-0.39, 0.29) is 55.3 Å². The molecule has 2 aliphatic rings. The van der Waals surface area contributed by atoms with Crippen LogP contribution >= 0.6 is 0 Å². The summed E-state index contributed by atoms with van der Waals surface area (Å²) >= 11 is 0. The fourth-order valence-electron chi connectivity index (χ4n) is 11.1. The summed E-state index contributed by atoms with van der Waals surface area (Å²) in [5, 5.41) is 11.2. The average molecular weight is 1190 g/mol. The van der Waals surface area contributed by atoms with Crippen LogP contribution in [0.25, 0.3) is 0 Å². The largest absolute Gasteiger partial charge is 0.375 e. The smallest absolute Gasteiger partial charge is 0.246 e. The lowest BCUT2D eigenvalue weighted by Gasteiger charge is -2.41. The Hall–Kier alpha value is -5.87. The van der Waals surface area contributed by atoms with E-state index in [1.165, 1.54) is 97.5 Å². The van der Waals surface area contributed by atoms with Gasteiger partial charge in [0.15, 0.2) is 0 Å². The Morgan fingerprint density at radius 3 is 1.24 bits per heavy atom. The van der Waals surface area contributed by atoms with E-state index in [4.69, 9.17) is 4.74 Å². The maximum absolute atomic E-state index is 15.2. The Balaban J connectivity index is 2.95. The van der Waals surface area contributed by atoms with Gasteiger partial charge in [0.05, 0.1) is 12.6 Å². The molecule has 2 aliphatic heterocycles. The summed E-state index contributed by atoms with van der Waals surface area (Å²) in [6.45, 7) is 30.1. The molecule has 0 saturated carbocycles. The van der Waals surface area contributed by atoms with Crippen molar-refractivity contribution >= 4 is 65.0 Å². The summed E-state index contributed by atoms with van der Waals surface area (Å²) in [6.07, 6.45) is 0.458. The predicted molar refractivity (Wildman–Crippen MR) is 322 cm³/mol. The zero-order chi connectivity index (χ0) is 64.8. The summed E-state index contributed by atoms with van der Waals surface area (Å²) in [5.41, 5.74) is 0. The topological polar surface area (TPSA) is 268 Å². The van der Waals surface area contributed by atoms with Crippen LogP contribution in [0.4, 0.5) is 0 Å². The maximum atomic E-state index is 15.2. The van der Waals surface area contributed by atoms with Crippen LogP contribution in [0.2, 0.25) is 0 Å². The van der Waals surface area contributed by atoms with Crippen LogP contribution in [0.3, 0.4) is 0 Å². The van der Waals surface area contributed by atoms with Gasteiger partial charge in [0.2, 0.25) is 65.0 Å². The quantitative estimate of drug-likeness (QED) is 0.220. The van der Waals surface area contributed by atoms with E-state index in [0.29, 0.717) is 13.0 Å². The SMILES string of the molecule is CC(C)C[C@@H]1C(=O)N(C)[C@H](CC(C)C)C(=O)N(C)[C@H](C(C)C)C(=O)N(C)[C@H]([C@@H]2OCC[C@H]2C)C(=O)N[C@H](C(C)C)C(=O)N(C)CC(=O)N(C)[C@@H](CC(C)C)C(=O)N[C@H](C(C)C)C(=O)N(C)[C@H](CC(C)C)C(=O)N[C@H](C)C(=O)N[C@@H](C)C(=O)N1C. The van der Waals surface area contributed by atoms with Crippen LogP contribution in [0.15, 0.2) is 0 Å². The highest BCUT2D eigenvalue weighted by atomic mass is 16.5. The standard InChI is InChI=1S/C61H109N11O12/c1-32(2)27-42-54(76)64-48(37(11)12)60(82)68(20)43(28-33(3)4)53(75)62-40(16)52(74)63-41(17)56(78)69(21)44(29-34(5)6)57(79)70(22)45(30-35(7)8)58(80)71(23)49(38(13)14)61(83)72(24)50(51-39(15)25-26-84-51)55(77)65-47(36(9)10)59(81)66(18)31-46(73)67(42)19/h32-45,47-51H,25-31H2,1-24H3,(H,62,75)(H,63,74)(H,64,76)(H,65,77)/t39-,40-,41+,42+,43-,44-,45-,47-,48-,49-,50-,51-/m1/s1. The highest BCUT2D eigenvalue weighted by molar-refractivity contribution is 5.99. The summed E-state index contributed by atoms with van der Waals surface area (Å²) < 4.78 is 6.18. The van der Waals surface area contributed by atoms with E-state index in [1.54, 1.807) is 41.5 Å². The fraction of sp³-hybridized carbons (Fsp3) is 0.820. The first kappa shape index (κ1) is 74.2. The third-order valence-corrected chi connectivity index (χ3v) is 16.4. The Morgan fingerprint density at radius 2 is 0.798 bits per heavy atom. The molecule has 0 radical (unpaired) electrons. The first-order valence-corrected chi connectivity index (χ1v) is 30.4. The molecule has 0 spiro atoms. The van der Waals surface area contributed by atoms with Gasteiger partial charge in [0, 0.05) is 55.9 Å². The second-order valence-electron chi connectivity index (χ2n) is 26.7. The van der Waals surface area contributed by atoms with Gasteiger partial charge < -0.3 is 60.3 Å². The molecule has 2 fully saturated rings. The van der Waals surface area contributed by atoms with Crippen molar-refractivity contribution in [2.45, 2.75) is 216 Å². The Morgan fingerprint density at radius 1 is 0.405 bits per heavy atom. The highest BCUT2D eigenvalue weighted by Gasteiger charge is 2.47. The van der Waals surface area contributed by atoms with Crippen molar-refractivity contribution in [3.8, 4) is 0 Å². The first-order valence-electron chi connectivity index (χ1n) is 30.4. The van der Waals surface area contributed by atoms with Gasteiger partial charge >= 0.3 is 0 Å². The molecule has 23 nitrogen and oxygen atoms in total. The van der Waals surface area contributed by atoms with E-state index in [2.05, 4.69) is 21.3 Å². The van der Waals surface area contributed by atoms with Crippen LogP contribution in [-0.4, -0.2) is 228 Å².